The molecule has 1 heterocycles. The highest BCUT2D eigenvalue weighted by Gasteiger charge is 2.50. The predicted octanol–water partition coefficient (Wildman–Crippen LogP) is 3.23. The molecule has 1 fully saturated rings. The third kappa shape index (κ3) is 3.90. The van der Waals surface area contributed by atoms with Crippen molar-refractivity contribution in [2.45, 2.75) is 51.7 Å². The molecule has 22 heavy (non-hydrogen) atoms. The minimum Gasteiger partial charge on any atom is -0.444 e. The minimum absolute atomic E-state index is 0.123. The number of nitrogens with zero attached hydrogens (tertiary/aromatic N) is 3. The fourth-order valence-electron chi connectivity index (χ4n) is 2.49. The highest BCUT2D eigenvalue weighted by Crippen LogP contribution is 2.42. The molecule has 0 unspecified atom stereocenters. The molecular weight excluding hydrogens is 278 g/mol. The van der Waals surface area contributed by atoms with Gasteiger partial charge in [0.2, 0.25) is 0 Å². The first kappa shape index (κ1) is 16.6. The SMILES string of the molecule is Cc1ccc(N(C)CC2(N(C)C(=O)OC(C)(C)C)CC2)cn1. The molecule has 0 radical (unpaired) electrons. The number of rotatable bonds is 4. The Balaban J connectivity index is 2.02. The molecule has 1 aliphatic carbocycles. The van der Waals surface area contributed by atoms with Gasteiger partial charge in [-0.2, -0.15) is 0 Å². The van der Waals surface area contributed by atoms with E-state index in [2.05, 4.69) is 16.0 Å². The summed E-state index contributed by atoms with van der Waals surface area (Å²) in [6, 6.07) is 4.06. The smallest absolute Gasteiger partial charge is 0.410 e. The largest absolute Gasteiger partial charge is 0.444 e. The van der Waals surface area contributed by atoms with E-state index in [9.17, 15) is 4.79 Å². The Kier molecular flexibility index (Phi) is 4.36. The highest BCUT2D eigenvalue weighted by atomic mass is 16.6. The standard InChI is InChI=1S/C17H27N3O2/c1-13-7-8-14(11-18-13)19(5)12-17(9-10-17)20(6)15(21)22-16(2,3)4/h7-8,11H,9-10,12H2,1-6H3. The first-order valence-electron chi connectivity index (χ1n) is 7.74. The van der Waals surface area contributed by atoms with Crippen molar-refractivity contribution in [3.05, 3.63) is 24.0 Å². The monoisotopic (exact) mass is 305 g/mol. The van der Waals surface area contributed by atoms with Crippen LogP contribution in [0.4, 0.5) is 10.5 Å². The maximum absolute atomic E-state index is 12.3. The van der Waals surface area contributed by atoms with Gasteiger partial charge in [-0.05, 0) is 52.7 Å². The van der Waals surface area contributed by atoms with Gasteiger partial charge in [-0.3, -0.25) is 4.98 Å². The van der Waals surface area contributed by atoms with E-state index in [4.69, 9.17) is 4.74 Å². The Morgan fingerprint density at radius 1 is 1.32 bits per heavy atom. The van der Waals surface area contributed by atoms with Crippen molar-refractivity contribution in [2.75, 3.05) is 25.5 Å². The molecule has 5 nitrogen and oxygen atoms in total. The molecule has 2 rings (SSSR count). The zero-order valence-corrected chi connectivity index (χ0v) is 14.5. The molecule has 1 aromatic rings. The summed E-state index contributed by atoms with van der Waals surface area (Å²) in [6.07, 6.45) is 3.64. The van der Waals surface area contributed by atoms with Gasteiger partial charge < -0.3 is 14.5 Å². The lowest BCUT2D eigenvalue weighted by atomic mass is 10.2. The normalized spacial score (nSPS) is 16.1. The molecule has 1 amide bonds. The van der Waals surface area contributed by atoms with Gasteiger partial charge in [-0.25, -0.2) is 4.79 Å². The van der Waals surface area contributed by atoms with Crippen LogP contribution in [0.15, 0.2) is 18.3 Å². The summed E-state index contributed by atoms with van der Waals surface area (Å²) in [5.41, 5.74) is 1.48. The van der Waals surface area contributed by atoms with Gasteiger partial charge in [0.1, 0.15) is 5.60 Å². The van der Waals surface area contributed by atoms with Crippen molar-refractivity contribution in [3.8, 4) is 0 Å². The number of carbonyl (C=O) groups is 1. The van der Waals surface area contributed by atoms with Crippen LogP contribution in [0.25, 0.3) is 0 Å². The number of anilines is 1. The predicted molar refractivity (Wildman–Crippen MR) is 88.2 cm³/mol. The summed E-state index contributed by atoms with van der Waals surface area (Å²) < 4.78 is 5.48. The quantitative estimate of drug-likeness (QED) is 0.857. The molecular formula is C17H27N3O2. The first-order chi connectivity index (χ1) is 10.1. The number of carbonyl (C=O) groups excluding carboxylic acids is 1. The van der Waals surface area contributed by atoms with Gasteiger partial charge in [0.15, 0.2) is 0 Å². The molecule has 0 saturated heterocycles. The van der Waals surface area contributed by atoms with Crippen LogP contribution in [0.1, 0.15) is 39.3 Å². The van der Waals surface area contributed by atoms with E-state index < -0.39 is 5.60 Å². The van der Waals surface area contributed by atoms with Crippen LogP contribution in [0.5, 0.6) is 0 Å². The molecule has 1 aliphatic rings. The average molecular weight is 305 g/mol. The molecule has 0 atom stereocenters. The van der Waals surface area contributed by atoms with E-state index >= 15 is 0 Å². The number of hydrogen-bond donors (Lipinski definition) is 0. The number of aryl methyl sites for hydroxylation is 1. The van der Waals surface area contributed by atoms with Crippen molar-refractivity contribution < 1.29 is 9.53 Å². The summed E-state index contributed by atoms with van der Waals surface area (Å²) in [7, 11) is 3.87. The van der Waals surface area contributed by atoms with Crippen molar-refractivity contribution in [2.24, 2.45) is 0 Å². The second-order valence-corrected chi connectivity index (χ2v) is 7.28. The second kappa shape index (κ2) is 5.78. The molecule has 5 heteroatoms. The Hall–Kier alpha value is -1.78. The van der Waals surface area contributed by atoms with E-state index in [1.165, 1.54) is 0 Å². The molecule has 1 aromatic heterocycles. The lowest BCUT2D eigenvalue weighted by Crippen LogP contribution is -2.47. The number of aromatic nitrogens is 1. The first-order valence-corrected chi connectivity index (χ1v) is 7.74. The molecule has 0 aliphatic heterocycles. The van der Waals surface area contributed by atoms with Gasteiger partial charge in [0.25, 0.3) is 0 Å². The van der Waals surface area contributed by atoms with Crippen LogP contribution in [0.3, 0.4) is 0 Å². The lowest BCUT2D eigenvalue weighted by Gasteiger charge is -2.34. The lowest BCUT2D eigenvalue weighted by molar-refractivity contribution is 0.0202. The number of ether oxygens (including phenoxy) is 1. The zero-order chi connectivity index (χ0) is 16.5. The van der Waals surface area contributed by atoms with Crippen LogP contribution in [-0.2, 0) is 4.74 Å². The number of hydrogen-bond acceptors (Lipinski definition) is 4. The number of pyridine rings is 1. The van der Waals surface area contributed by atoms with E-state index in [0.29, 0.717) is 0 Å². The molecule has 0 N–H and O–H groups in total. The number of amides is 1. The van der Waals surface area contributed by atoms with Gasteiger partial charge >= 0.3 is 6.09 Å². The van der Waals surface area contributed by atoms with Crippen molar-refractivity contribution >= 4 is 11.8 Å². The van der Waals surface area contributed by atoms with Crippen LogP contribution < -0.4 is 4.90 Å². The molecule has 0 aromatic carbocycles. The van der Waals surface area contributed by atoms with E-state index in [0.717, 1.165) is 30.8 Å². The maximum atomic E-state index is 12.3. The van der Waals surface area contributed by atoms with E-state index in [1.54, 1.807) is 4.90 Å². The van der Waals surface area contributed by atoms with Crippen LogP contribution in [0.2, 0.25) is 0 Å². The Morgan fingerprint density at radius 2 is 1.95 bits per heavy atom. The molecule has 122 valence electrons. The van der Waals surface area contributed by atoms with E-state index in [1.807, 2.05) is 54.1 Å². The fraction of sp³-hybridized carbons (Fsp3) is 0.647. The average Bonchev–Trinajstić information content (AvgIpc) is 3.17. The number of likely N-dealkylation sites (N-methyl/N-ethyl adjacent to an activating group) is 2. The third-order valence-electron chi connectivity index (χ3n) is 4.07. The maximum Gasteiger partial charge on any atom is 0.410 e. The van der Waals surface area contributed by atoms with Crippen molar-refractivity contribution in [1.82, 2.24) is 9.88 Å². The fourth-order valence-corrected chi connectivity index (χ4v) is 2.49. The summed E-state index contributed by atoms with van der Waals surface area (Å²) >= 11 is 0. The Labute approximate surface area is 133 Å². The molecule has 1 saturated carbocycles. The summed E-state index contributed by atoms with van der Waals surface area (Å²) in [6.45, 7) is 8.43. The highest BCUT2D eigenvalue weighted by molar-refractivity contribution is 5.69. The summed E-state index contributed by atoms with van der Waals surface area (Å²) in [5.74, 6) is 0. The molecule has 0 bridgehead atoms. The van der Waals surface area contributed by atoms with Gasteiger partial charge in [-0.1, -0.05) is 0 Å². The zero-order valence-electron chi connectivity index (χ0n) is 14.5. The van der Waals surface area contributed by atoms with Crippen molar-refractivity contribution in [3.63, 3.8) is 0 Å². The Morgan fingerprint density at radius 3 is 2.41 bits per heavy atom. The van der Waals surface area contributed by atoms with Gasteiger partial charge in [0, 0.05) is 26.3 Å². The van der Waals surface area contributed by atoms with Gasteiger partial charge in [0.05, 0.1) is 17.4 Å². The summed E-state index contributed by atoms with van der Waals surface area (Å²) in [5, 5.41) is 0. The molecule has 0 spiro atoms. The summed E-state index contributed by atoms with van der Waals surface area (Å²) in [4.78, 5) is 20.5. The second-order valence-electron chi connectivity index (χ2n) is 7.28. The van der Waals surface area contributed by atoms with Crippen LogP contribution in [0, 0.1) is 6.92 Å². The minimum atomic E-state index is -0.464. The van der Waals surface area contributed by atoms with Crippen LogP contribution >= 0.6 is 0 Å². The Bertz CT molecular complexity index is 530. The van der Waals surface area contributed by atoms with Crippen molar-refractivity contribution in [1.29, 1.82) is 0 Å². The van der Waals surface area contributed by atoms with Gasteiger partial charge in [-0.15, -0.1) is 0 Å². The van der Waals surface area contributed by atoms with E-state index in [-0.39, 0.29) is 11.6 Å². The van der Waals surface area contributed by atoms with Crippen LogP contribution in [-0.4, -0.2) is 47.8 Å². The third-order valence-corrected chi connectivity index (χ3v) is 4.07. The topological polar surface area (TPSA) is 45.7 Å².